The summed E-state index contributed by atoms with van der Waals surface area (Å²) in [5, 5.41) is 8.69. The van der Waals surface area contributed by atoms with Crippen LogP contribution in [0, 0.1) is 0 Å². The van der Waals surface area contributed by atoms with E-state index in [1.165, 1.54) is 11.1 Å². The molecule has 1 heterocycles. The van der Waals surface area contributed by atoms with Crippen LogP contribution < -0.4 is 10.6 Å². The molecule has 7 heteroatoms. The molecular formula is C18H25N3O2S2. The third-order valence-corrected chi connectivity index (χ3v) is 5.95. The van der Waals surface area contributed by atoms with Crippen molar-refractivity contribution < 1.29 is 8.42 Å². The molecule has 136 valence electrons. The summed E-state index contributed by atoms with van der Waals surface area (Å²) in [6.07, 6.45) is 1.21. The Labute approximate surface area is 154 Å². The predicted octanol–water partition coefficient (Wildman–Crippen LogP) is 3.01. The molecule has 0 amide bonds. The van der Waals surface area contributed by atoms with E-state index < -0.39 is 9.84 Å². The van der Waals surface area contributed by atoms with Gasteiger partial charge >= 0.3 is 0 Å². The van der Waals surface area contributed by atoms with Crippen molar-refractivity contribution in [3.63, 3.8) is 0 Å². The van der Waals surface area contributed by atoms with Crippen molar-refractivity contribution in [3.8, 4) is 0 Å². The number of nitrogens with one attached hydrogen (secondary N) is 2. The third kappa shape index (κ3) is 6.17. The van der Waals surface area contributed by atoms with E-state index in [9.17, 15) is 8.42 Å². The summed E-state index contributed by atoms with van der Waals surface area (Å²) in [5.74, 6) is 1.18. The third-order valence-electron chi connectivity index (χ3n) is 3.72. The van der Waals surface area contributed by atoms with Crippen LogP contribution in [0.5, 0.6) is 0 Å². The van der Waals surface area contributed by atoms with E-state index in [4.69, 9.17) is 0 Å². The van der Waals surface area contributed by atoms with Crippen molar-refractivity contribution in [2.45, 2.75) is 31.2 Å². The van der Waals surface area contributed by atoms with Gasteiger partial charge in [0.05, 0.1) is 11.4 Å². The van der Waals surface area contributed by atoms with E-state index in [0.717, 1.165) is 24.6 Å². The molecule has 5 nitrogen and oxygen atoms in total. The maximum Gasteiger partial charge on any atom is 0.191 e. The highest BCUT2D eigenvalue weighted by molar-refractivity contribution is 7.90. The van der Waals surface area contributed by atoms with E-state index in [0.29, 0.717) is 17.4 Å². The zero-order valence-corrected chi connectivity index (χ0v) is 16.5. The maximum atomic E-state index is 11.5. The fourth-order valence-corrected chi connectivity index (χ4v) is 3.69. The molecule has 1 aromatic carbocycles. The molecule has 0 aliphatic rings. The van der Waals surface area contributed by atoms with Crippen LogP contribution in [-0.2, 0) is 16.4 Å². The predicted molar refractivity (Wildman–Crippen MR) is 105 cm³/mol. The number of aliphatic imine (C=N–C) groups is 1. The van der Waals surface area contributed by atoms with Crippen LogP contribution in [0.1, 0.15) is 30.2 Å². The molecule has 0 aliphatic heterocycles. The van der Waals surface area contributed by atoms with Gasteiger partial charge in [-0.15, -0.1) is 11.3 Å². The summed E-state index contributed by atoms with van der Waals surface area (Å²) in [4.78, 5) is 6.25. The topological polar surface area (TPSA) is 70.6 Å². The second-order valence-electron chi connectivity index (χ2n) is 5.91. The number of rotatable bonds is 7. The van der Waals surface area contributed by atoms with Crippen molar-refractivity contribution in [1.29, 1.82) is 0 Å². The summed E-state index contributed by atoms with van der Waals surface area (Å²) in [5.41, 5.74) is 0.968. The summed E-state index contributed by atoms with van der Waals surface area (Å²) >= 11 is 1.76. The van der Waals surface area contributed by atoms with Crippen LogP contribution in [-0.4, -0.2) is 33.7 Å². The van der Waals surface area contributed by atoms with Crippen LogP contribution >= 0.6 is 11.3 Å². The largest absolute Gasteiger partial charge is 0.357 e. The van der Waals surface area contributed by atoms with Gasteiger partial charge in [-0.1, -0.05) is 25.1 Å². The number of nitrogens with zero attached hydrogens (tertiary/aromatic N) is 1. The zero-order chi connectivity index (χ0) is 18.3. The first-order chi connectivity index (χ1) is 11.9. The second-order valence-corrected chi connectivity index (χ2v) is 8.90. The Hall–Kier alpha value is -1.86. The molecule has 25 heavy (non-hydrogen) atoms. The fraction of sp³-hybridized carbons (Fsp3) is 0.389. The van der Waals surface area contributed by atoms with Crippen molar-refractivity contribution in [3.05, 3.63) is 52.2 Å². The minimum Gasteiger partial charge on any atom is -0.357 e. The highest BCUT2D eigenvalue weighted by Crippen LogP contribution is 2.19. The lowest BCUT2D eigenvalue weighted by atomic mass is 10.1. The standard InChI is InChI=1S/C18H25N3O2S2/c1-4-19-18(20-12-14(2)17-6-5-11-24-17)21-13-15-7-9-16(10-8-15)25(3,22)23/h5-11,14H,4,12-13H2,1-3H3,(H2,19,20,21). The minimum atomic E-state index is -3.16. The van der Waals surface area contributed by atoms with E-state index >= 15 is 0 Å². The van der Waals surface area contributed by atoms with Crippen molar-refractivity contribution >= 4 is 27.1 Å². The van der Waals surface area contributed by atoms with Gasteiger partial charge in [-0.05, 0) is 36.1 Å². The quantitative estimate of drug-likeness (QED) is 0.573. The van der Waals surface area contributed by atoms with E-state index in [1.807, 2.05) is 6.92 Å². The lowest BCUT2D eigenvalue weighted by Gasteiger charge is -2.15. The van der Waals surface area contributed by atoms with E-state index in [-0.39, 0.29) is 0 Å². The Morgan fingerprint density at radius 2 is 1.92 bits per heavy atom. The highest BCUT2D eigenvalue weighted by atomic mass is 32.2. The number of hydrogen-bond donors (Lipinski definition) is 2. The van der Waals surface area contributed by atoms with Crippen LogP contribution in [0.2, 0.25) is 0 Å². The van der Waals surface area contributed by atoms with E-state index in [1.54, 1.807) is 35.6 Å². The Kier molecular flexibility index (Phi) is 7.01. The Morgan fingerprint density at radius 3 is 2.48 bits per heavy atom. The molecule has 0 radical (unpaired) electrons. The fourth-order valence-electron chi connectivity index (χ4n) is 2.28. The molecule has 0 saturated heterocycles. The van der Waals surface area contributed by atoms with Gasteiger partial charge in [-0.3, -0.25) is 0 Å². The minimum absolute atomic E-state index is 0.329. The highest BCUT2D eigenvalue weighted by Gasteiger charge is 2.08. The lowest BCUT2D eigenvalue weighted by Crippen LogP contribution is -2.39. The van der Waals surface area contributed by atoms with Crippen molar-refractivity contribution in [2.75, 3.05) is 19.3 Å². The lowest BCUT2D eigenvalue weighted by molar-refractivity contribution is 0.602. The maximum absolute atomic E-state index is 11.5. The monoisotopic (exact) mass is 379 g/mol. The summed E-state index contributed by atoms with van der Waals surface area (Å²) < 4.78 is 23.0. The average Bonchev–Trinajstić information content (AvgIpc) is 3.11. The molecule has 1 unspecified atom stereocenters. The van der Waals surface area contributed by atoms with Gasteiger partial charge in [0.25, 0.3) is 0 Å². The number of guanidine groups is 1. The smallest absolute Gasteiger partial charge is 0.191 e. The summed E-state index contributed by atoms with van der Waals surface area (Å²) in [7, 11) is -3.16. The Balaban J connectivity index is 1.96. The number of hydrogen-bond acceptors (Lipinski definition) is 4. The molecule has 2 aromatic rings. The first-order valence-electron chi connectivity index (χ1n) is 8.24. The molecular weight excluding hydrogens is 354 g/mol. The van der Waals surface area contributed by atoms with Gasteiger partial charge in [-0.2, -0.15) is 0 Å². The Bertz CT molecular complexity index is 782. The van der Waals surface area contributed by atoms with Gasteiger partial charge in [0.2, 0.25) is 0 Å². The van der Waals surface area contributed by atoms with Gasteiger partial charge in [0, 0.05) is 30.1 Å². The number of thiophene rings is 1. The second kappa shape index (κ2) is 9.01. The zero-order valence-electron chi connectivity index (χ0n) is 14.8. The molecule has 0 fully saturated rings. The Morgan fingerprint density at radius 1 is 1.20 bits per heavy atom. The van der Waals surface area contributed by atoms with Gasteiger partial charge in [0.1, 0.15) is 0 Å². The first kappa shape index (κ1) is 19.5. The summed E-state index contributed by atoms with van der Waals surface area (Å²) in [6, 6.07) is 11.1. The van der Waals surface area contributed by atoms with Crippen LogP contribution in [0.15, 0.2) is 51.7 Å². The molecule has 0 aliphatic carbocycles. The molecule has 0 bridgehead atoms. The van der Waals surface area contributed by atoms with Gasteiger partial charge < -0.3 is 10.6 Å². The van der Waals surface area contributed by atoms with Gasteiger partial charge in [0.15, 0.2) is 15.8 Å². The SMILES string of the molecule is CCNC(=NCc1ccc(S(C)(=O)=O)cc1)NCC(C)c1cccs1. The summed E-state index contributed by atoms with van der Waals surface area (Å²) in [6.45, 7) is 6.30. The molecule has 1 atom stereocenters. The van der Waals surface area contributed by atoms with Crippen molar-refractivity contribution in [2.24, 2.45) is 4.99 Å². The average molecular weight is 380 g/mol. The van der Waals surface area contributed by atoms with Gasteiger partial charge in [-0.25, -0.2) is 13.4 Å². The molecule has 2 rings (SSSR count). The number of benzene rings is 1. The molecule has 1 aromatic heterocycles. The molecule has 0 spiro atoms. The molecule has 2 N–H and O–H groups in total. The van der Waals surface area contributed by atoms with Crippen molar-refractivity contribution in [1.82, 2.24) is 10.6 Å². The normalized spacial score (nSPS) is 13.5. The van der Waals surface area contributed by atoms with E-state index in [2.05, 4.69) is 40.1 Å². The van der Waals surface area contributed by atoms with Crippen LogP contribution in [0.4, 0.5) is 0 Å². The first-order valence-corrected chi connectivity index (χ1v) is 11.0. The molecule has 0 saturated carbocycles. The van der Waals surface area contributed by atoms with Crippen LogP contribution in [0.25, 0.3) is 0 Å². The van der Waals surface area contributed by atoms with Crippen LogP contribution in [0.3, 0.4) is 0 Å². The number of sulfone groups is 1.